The minimum atomic E-state index is -1.00. The van der Waals surface area contributed by atoms with Gasteiger partial charge in [-0.1, -0.05) is 0 Å². The van der Waals surface area contributed by atoms with Gasteiger partial charge in [0.1, 0.15) is 6.04 Å². The summed E-state index contributed by atoms with van der Waals surface area (Å²) in [6.07, 6.45) is 1.47. The molecule has 0 spiro atoms. The first-order valence-corrected chi connectivity index (χ1v) is 3.54. The lowest BCUT2D eigenvalue weighted by Gasteiger charge is -1.96. The quantitative estimate of drug-likeness (QED) is 0.411. The zero-order valence-corrected chi connectivity index (χ0v) is 6.69. The van der Waals surface area contributed by atoms with E-state index in [0.29, 0.717) is 0 Å². The molecule has 3 nitrogen and oxygen atoms in total. The fraction of sp³-hybridized carbons (Fsp3) is 0.750. The summed E-state index contributed by atoms with van der Waals surface area (Å²) in [5.74, 6) is -0.815. The molecule has 0 aliphatic rings. The number of halogens is 1. The number of carboxylic acid groups (broad SMARTS) is 1. The fourth-order valence-electron chi connectivity index (χ4n) is 0.0781. The van der Waals surface area contributed by atoms with E-state index < -0.39 is 12.0 Å². The Hall–Kier alpha value is 0.0700. The second-order valence-electron chi connectivity index (χ2n) is 1.13. The molecule has 0 bridgehead atoms. The third-order valence-corrected chi connectivity index (χ3v) is 0.907. The number of aliphatic carboxylic acids is 1. The monoisotopic (exact) mass is 171 g/mol. The summed E-state index contributed by atoms with van der Waals surface area (Å²) in [7, 11) is 0. The molecule has 0 aliphatic carbocycles. The molecule has 0 fully saturated rings. The van der Waals surface area contributed by atoms with Crippen molar-refractivity contribution in [2.24, 2.45) is 5.73 Å². The van der Waals surface area contributed by atoms with Gasteiger partial charge in [-0.05, 0) is 0 Å². The lowest BCUT2D eigenvalue weighted by Crippen LogP contribution is -2.31. The zero-order chi connectivity index (χ0) is 7.86. The van der Waals surface area contributed by atoms with Crippen molar-refractivity contribution >= 4 is 30.2 Å². The van der Waals surface area contributed by atoms with Gasteiger partial charge >= 0.3 is 5.97 Å². The summed E-state index contributed by atoms with van der Waals surface area (Å²) in [5.41, 5.74) is 4.94. The number of hydrogen-bond acceptors (Lipinski definition) is 3. The Balaban J connectivity index is 0. The lowest BCUT2D eigenvalue weighted by molar-refractivity contribution is -0.137. The van der Waals surface area contributed by atoms with Gasteiger partial charge in [0.2, 0.25) is 0 Å². The van der Waals surface area contributed by atoms with E-state index in [4.69, 9.17) is 10.8 Å². The van der Waals surface area contributed by atoms with Gasteiger partial charge in [0.15, 0.2) is 0 Å². The normalized spacial score (nSPS) is 11.1. The van der Waals surface area contributed by atoms with Crippen LogP contribution in [0.1, 0.15) is 0 Å². The van der Waals surface area contributed by atoms with Crippen LogP contribution < -0.4 is 5.73 Å². The molecule has 0 aromatic carbocycles. The van der Waals surface area contributed by atoms with E-state index in [1.54, 1.807) is 0 Å². The van der Waals surface area contributed by atoms with Crippen LogP contribution in [-0.2, 0) is 4.79 Å². The van der Waals surface area contributed by atoms with Crippen molar-refractivity contribution in [2.45, 2.75) is 6.04 Å². The predicted octanol–water partition coefficient (Wildman–Crippen LogP) is 0.183. The van der Waals surface area contributed by atoms with E-state index in [1.807, 2.05) is 0 Å². The Kier molecular flexibility index (Phi) is 10.6. The molecule has 0 amide bonds. The molecule has 1 atom stereocenters. The second kappa shape index (κ2) is 8.07. The first-order valence-electron chi connectivity index (χ1n) is 2.15. The molecule has 9 heavy (non-hydrogen) atoms. The van der Waals surface area contributed by atoms with E-state index in [1.165, 1.54) is 6.38 Å². The molecule has 0 radical (unpaired) electrons. The Morgan fingerprint density at radius 2 is 2.22 bits per heavy atom. The third-order valence-electron chi connectivity index (χ3n) is 0.514. The van der Waals surface area contributed by atoms with Crippen molar-refractivity contribution in [3.05, 3.63) is 0 Å². The van der Waals surface area contributed by atoms with Gasteiger partial charge in [0, 0.05) is 12.1 Å². The number of thiol groups is 1. The van der Waals surface area contributed by atoms with Gasteiger partial charge in [0.25, 0.3) is 0 Å². The Bertz CT molecular complexity index is 81.0. The van der Waals surface area contributed by atoms with Gasteiger partial charge in [-0.15, -0.1) is 11.6 Å². The molecule has 1 unspecified atom stereocenters. The summed E-state index contributed by atoms with van der Waals surface area (Å²) in [6.45, 7) is 0. The van der Waals surface area contributed by atoms with Crippen LogP contribution in [0.2, 0.25) is 0 Å². The van der Waals surface area contributed by atoms with Crippen LogP contribution in [0.4, 0.5) is 0 Å². The lowest BCUT2D eigenvalue weighted by atomic mass is 10.4. The minimum Gasteiger partial charge on any atom is -0.480 e. The topological polar surface area (TPSA) is 63.3 Å². The van der Waals surface area contributed by atoms with Crippen LogP contribution in [0.25, 0.3) is 0 Å². The average Bonchev–Trinajstić information content (AvgIpc) is 1.91. The number of rotatable bonds is 2. The largest absolute Gasteiger partial charge is 0.480 e. The van der Waals surface area contributed by atoms with Crippen molar-refractivity contribution in [1.29, 1.82) is 0 Å². The first-order chi connectivity index (χ1) is 4.18. The molecule has 0 saturated carbocycles. The van der Waals surface area contributed by atoms with Gasteiger partial charge in [-0.3, -0.25) is 4.79 Å². The molecule has 56 valence electrons. The number of alkyl halides is 1. The standard InChI is InChI=1S/C3H7NO2S.CH3Cl/c4-2(1-7)3(5)6;1-2/h2,7H,1,4H2,(H,5,6);1H3. The highest BCUT2D eigenvalue weighted by Crippen LogP contribution is 1.80. The average molecular weight is 172 g/mol. The molecule has 0 aromatic heterocycles. The second-order valence-corrected chi connectivity index (χ2v) is 1.49. The molecule has 5 heteroatoms. The Morgan fingerprint density at radius 1 is 1.89 bits per heavy atom. The van der Waals surface area contributed by atoms with Crippen molar-refractivity contribution in [2.75, 3.05) is 12.1 Å². The molecule has 0 aromatic rings. The Labute approximate surface area is 64.6 Å². The van der Waals surface area contributed by atoms with Gasteiger partial charge in [-0.25, -0.2) is 0 Å². The summed E-state index contributed by atoms with van der Waals surface area (Å²) in [6, 6.07) is -0.816. The van der Waals surface area contributed by atoms with Crippen molar-refractivity contribution in [1.82, 2.24) is 0 Å². The maximum Gasteiger partial charge on any atom is 0.321 e. The van der Waals surface area contributed by atoms with Crippen LogP contribution >= 0.6 is 24.2 Å². The summed E-state index contributed by atoms with van der Waals surface area (Å²) < 4.78 is 0. The maximum atomic E-state index is 9.76. The SMILES string of the molecule is CCl.NC(CS)C(=O)O. The molecule has 0 heterocycles. The highest BCUT2D eigenvalue weighted by atomic mass is 35.5. The summed E-state index contributed by atoms with van der Waals surface area (Å²) in [5, 5.41) is 8.01. The molecular formula is C4H10ClNO2S. The third kappa shape index (κ3) is 8.07. The van der Waals surface area contributed by atoms with E-state index in [2.05, 4.69) is 24.2 Å². The molecule has 3 N–H and O–H groups in total. The Morgan fingerprint density at radius 3 is 2.22 bits per heavy atom. The molecule has 0 rings (SSSR count). The summed E-state index contributed by atoms with van der Waals surface area (Å²) >= 11 is 8.29. The smallest absolute Gasteiger partial charge is 0.321 e. The van der Waals surface area contributed by atoms with Crippen LogP contribution in [0.3, 0.4) is 0 Å². The first kappa shape index (κ1) is 11.8. The predicted molar refractivity (Wildman–Crippen MR) is 41.2 cm³/mol. The maximum absolute atomic E-state index is 9.76. The molecule has 0 saturated heterocycles. The van der Waals surface area contributed by atoms with Crippen LogP contribution in [0, 0.1) is 0 Å². The number of hydrogen-bond donors (Lipinski definition) is 3. The van der Waals surface area contributed by atoms with Crippen molar-refractivity contribution in [3.8, 4) is 0 Å². The van der Waals surface area contributed by atoms with E-state index in [0.717, 1.165) is 0 Å². The highest BCUT2D eigenvalue weighted by molar-refractivity contribution is 7.80. The number of nitrogens with two attached hydrogens (primary N) is 1. The van der Waals surface area contributed by atoms with Crippen molar-refractivity contribution < 1.29 is 9.90 Å². The van der Waals surface area contributed by atoms with Gasteiger partial charge in [0.05, 0.1) is 0 Å². The molecule has 0 aliphatic heterocycles. The highest BCUT2D eigenvalue weighted by Gasteiger charge is 2.06. The van der Waals surface area contributed by atoms with Crippen LogP contribution in [0.5, 0.6) is 0 Å². The van der Waals surface area contributed by atoms with Gasteiger partial charge < -0.3 is 10.8 Å². The van der Waals surface area contributed by atoms with Crippen LogP contribution in [-0.4, -0.2) is 29.3 Å². The fourth-order valence-corrected chi connectivity index (χ4v) is 0.234. The number of carbonyl (C=O) groups is 1. The summed E-state index contributed by atoms with van der Waals surface area (Å²) in [4.78, 5) is 9.76. The van der Waals surface area contributed by atoms with E-state index in [9.17, 15) is 4.79 Å². The zero-order valence-electron chi connectivity index (χ0n) is 5.04. The van der Waals surface area contributed by atoms with E-state index in [-0.39, 0.29) is 5.75 Å². The van der Waals surface area contributed by atoms with Gasteiger partial charge in [-0.2, -0.15) is 12.6 Å². The van der Waals surface area contributed by atoms with Crippen molar-refractivity contribution in [3.63, 3.8) is 0 Å². The molecular weight excluding hydrogens is 162 g/mol. The number of carboxylic acids is 1. The van der Waals surface area contributed by atoms with E-state index >= 15 is 0 Å². The minimum absolute atomic E-state index is 0.190. The van der Waals surface area contributed by atoms with Crippen LogP contribution in [0.15, 0.2) is 0 Å².